The van der Waals surface area contributed by atoms with Gasteiger partial charge >= 0.3 is 0 Å². The highest BCUT2D eigenvalue weighted by atomic mass is 16.7. The predicted octanol–water partition coefficient (Wildman–Crippen LogP) is 2.82. The van der Waals surface area contributed by atoms with Crippen molar-refractivity contribution in [1.29, 1.82) is 0 Å². The van der Waals surface area contributed by atoms with Crippen LogP contribution in [0, 0.1) is 11.8 Å². The van der Waals surface area contributed by atoms with Crippen molar-refractivity contribution < 1.29 is 9.47 Å². The van der Waals surface area contributed by atoms with Gasteiger partial charge in [-0.05, 0) is 25.7 Å². The summed E-state index contributed by atoms with van der Waals surface area (Å²) in [6, 6.07) is 0. The van der Waals surface area contributed by atoms with Crippen LogP contribution in [0.25, 0.3) is 0 Å². The zero-order valence-corrected chi connectivity index (χ0v) is 9.25. The number of ether oxygens (including phenoxy) is 2. The zero-order valence-electron chi connectivity index (χ0n) is 9.25. The van der Waals surface area contributed by atoms with Crippen LogP contribution in [-0.4, -0.2) is 19.0 Å². The van der Waals surface area contributed by atoms with Crippen LogP contribution in [0.2, 0.25) is 0 Å². The molecule has 1 rings (SSSR count). The third kappa shape index (κ3) is 2.68. The number of rotatable bonds is 3. The molecule has 1 aliphatic heterocycles. The normalized spacial score (nSPS) is 40.6. The van der Waals surface area contributed by atoms with E-state index in [2.05, 4.69) is 20.8 Å². The van der Waals surface area contributed by atoms with Gasteiger partial charge in [-0.1, -0.05) is 20.8 Å². The van der Waals surface area contributed by atoms with E-state index in [1.54, 1.807) is 0 Å². The van der Waals surface area contributed by atoms with Gasteiger partial charge in [0.2, 0.25) is 0 Å². The minimum atomic E-state index is 0.0335. The Hall–Kier alpha value is -0.0800. The highest BCUT2D eigenvalue weighted by Gasteiger charge is 2.32. The molecule has 0 bridgehead atoms. The first kappa shape index (κ1) is 11.0. The van der Waals surface area contributed by atoms with Gasteiger partial charge in [-0.3, -0.25) is 0 Å². The van der Waals surface area contributed by atoms with Crippen molar-refractivity contribution >= 4 is 0 Å². The van der Waals surface area contributed by atoms with Gasteiger partial charge in [-0.25, -0.2) is 0 Å². The SMILES string of the molecule is CCOC1OC(CC)C(C)CC1C. The van der Waals surface area contributed by atoms with Crippen molar-refractivity contribution in [2.45, 2.75) is 52.9 Å². The summed E-state index contributed by atoms with van der Waals surface area (Å²) in [4.78, 5) is 0. The molecule has 0 aromatic rings. The average molecular weight is 186 g/mol. The molecule has 0 aromatic carbocycles. The third-order valence-electron chi connectivity index (χ3n) is 2.89. The Morgan fingerprint density at radius 2 is 1.92 bits per heavy atom. The van der Waals surface area contributed by atoms with Gasteiger partial charge in [-0.15, -0.1) is 0 Å². The predicted molar refractivity (Wildman–Crippen MR) is 53.5 cm³/mol. The van der Waals surface area contributed by atoms with Crippen LogP contribution in [0.1, 0.15) is 40.5 Å². The van der Waals surface area contributed by atoms with E-state index in [1.165, 1.54) is 6.42 Å². The van der Waals surface area contributed by atoms with Crippen molar-refractivity contribution in [3.8, 4) is 0 Å². The van der Waals surface area contributed by atoms with E-state index in [1.807, 2.05) is 6.92 Å². The minimum Gasteiger partial charge on any atom is -0.353 e. The Morgan fingerprint density at radius 1 is 1.23 bits per heavy atom. The molecule has 1 aliphatic rings. The quantitative estimate of drug-likeness (QED) is 0.674. The third-order valence-corrected chi connectivity index (χ3v) is 2.89. The summed E-state index contributed by atoms with van der Waals surface area (Å²) in [6.07, 6.45) is 2.75. The van der Waals surface area contributed by atoms with Crippen LogP contribution >= 0.6 is 0 Å². The Morgan fingerprint density at radius 3 is 2.46 bits per heavy atom. The molecule has 13 heavy (non-hydrogen) atoms. The molecule has 0 amide bonds. The van der Waals surface area contributed by atoms with Gasteiger partial charge in [0, 0.05) is 12.5 Å². The van der Waals surface area contributed by atoms with E-state index < -0.39 is 0 Å². The fourth-order valence-corrected chi connectivity index (χ4v) is 2.16. The van der Waals surface area contributed by atoms with Crippen LogP contribution < -0.4 is 0 Å². The summed E-state index contributed by atoms with van der Waals surface area (Å²) < 4.78 is 11.4. The van der Waals surface area contributed by atoms with Gasteiger partial charge in [0.1, 0.15) is 0 Å². The van der Waals surface area contributed by atoms with Crippen LogP contribution in [0.4, 0.5) is 0 Å². The van der Waals surface area contributed by atoms with Crippen LogP contribution in [0.5, 0.6) is 0 Å². The lowest BCUT2D eigenvalue weighted by Gasteiger charge is -2.38. The molecule has 0 radical (unpaired) electrons. The summed E-state index contributed by atoms with van der Waals surface area (Å²) in [6.45, 7) is 9.44. The van der Waals surface area contributed by atoms with Crippen molar-refractivity contribution in [3.05, 3.63) is 0 Å². The van der Waals surface area contributed by atoms with Crippen molar-refractivity contribution in [2.24, 2.45) is 11.8 Å². The molecule has 1 fully saturated rings. The fourth-order valence-electron chi connectivity index (χ4n) is 2.16. The van der Waals surface area contributed by atoms with E-state index in [-0.39, 0.29) is 6.29 Å². The van der Waals surface area contributed by atoms with Gasteiger partial charge in [0.25, 0.3) is 0 Å². The molecule has 0 aliphatic carbocycles. The molecular formula is C11H22O2. The van der Waals surface area contributed by atoms with Crippen LogP contribution in [0.15, 0.2) is 0 Å². The largest absolute Gasteiger partial charge is 0.353 e. The maximum absolute atomic E-state index is 5.88. The summed E-state index contributed by atoms with van der Waals surface area (Å²) in [5.74, 6) is 1.22. The molecule has 1 heterocycles. The summed E-state index contributed by atoms with van der Waals surface area (Å²) in [7, 11) is 0. The average Bonchev–Trinajstić information content (AvgIpc) is 2.10. The lowest BCUT2D eigenvalue weighted by atomic mass is 9.88. The summed E-state index contributed by atoms with van der Waals surface area (Å²) >= 11 is 0. The standard InChI is InChI=1S/C11H22O2/c1-5-10-8(3)7-9(4)11(13-10)12-6-2/h8-11H,5-7H2,1-4H3. The first-order chi connectivity index (χ1) is 6.19. The summed E-state index contributed by atoms with van der Waals surface area (Å²) in [5.41, 5.74) is 0. The van der Waals surface area contributed by atoms with Crippen molar-refractivity contribution in [3.63, 3.8) is 0 Å². The number of hydrogen-bond acceptors (Lipinski definition) is 2. The molecule has 2 nitrogen and oxygen atoms in total. The van der Waals surface area contributed by atoms with Crippen LogP contribution in [0.3, 0.4) is 0 Å². The van der Waals surface area contributed by atoms with Gasteiger partial charge < -0.3 is 9.47 Å². The first-order valence-corrected chi connectivity index (χ1v) is 5.46. The lowest BCUT2D eigenvalue weighted by Crippen LogP contribution is -2.40. The Balaban J connectivity index is 2.48. The maximum atomic E-state index is 5.88. The highest BCUT2D eigenvalue weighted by Crippen LogP contribution is 2.31. The molecule has 1 saturated heterocycles. The first-order valence-electron chi connectivity index (χ1n) is 5.46. The molecular weight excluding hydrogens is 164 g/mol. The minimum absolute atomic E-state index is 0.0335. The second kappa shape index (κ2) is 4.97. The molecule has 4 atom stereocenters. The Kier molecular flexibility index (Phi) is 4.20. The van der Waals surface area contributed by atoms with E-state index in [0.717, 1.165) is 13.0 Å². The smallest absolute Gasteiger partial charge is 0.160 e. The van der Waals surface area contributed by atoms with Crippen molar-refractivity contribution in [1.82, 2.24) is 0 Å². The monoisotopic (exact) mass is 186 g/mol. The van der Waals surface area contributed by atoms with E-state index in [0.29, 0.717) is 17.9 Å². The molecule has 2 heteroatoms. The second-order valence-corrected chi connectivity index (χ2v) is 4.10. The van der Waals surface area contributed by atoms with Gasteiger partial charge in [-0.2, -0.15) is 0 Å². The topological polar surface area (TPSA) is 18.5 Å². The fraction of sp³-hybridized carbons (Fsp3) is 1.00. The second-order valence-electron chi connectivity index (χ2n) is 4.10. The summed E-state index contributed by atoms with van der Waals surface area (Å²) in [5, 5.41) is 0. The van der Waals surface area contributed by atoms with E-state index >= 15 is 0 Å². The Labute approximate surface area is 81.6 Å². The maximum Gasteiger partial charge on any atom is 0.160 e. The molecule has 4 unspecified atom stereocenters. The molecule has 0 saturated carbocycles. The molecule has 0 N–H and O–H groups in total. The molecule has 78 valence electrons. The molecule has 0 spiro atoms. The Bertz CT molecular complexity index is 147. The molecule has 0 aromatic heterocycles. The van der Waals surface area contributed by atoms with E-state index in [9.17, 15) is 0 Å². The van der Waals surface area contributed by atoms with Gasteiger partial charge in [0.05, 0.1) is 6.10 Å². The highest BCUT2D eigenvalue weighted by molar-refractivity contribution is 4.76. The van der Waals surface area contributed by atoms with Gasteiger partial charge in [0.15, 0.2) is 6.29 Å². The van der Waals surface area contributed by atoms with Crippen LogP contribution in [-0.2, 0) is 9.47 Å². The van der Waals surface area contributed by atoms with Crippen molar-refractivity contribution in [2.75, 3.05) is 6.61 Å². The zero-order chi connectivity index (χ0) is 9.84. The lowest BCUT2D eigenvalue weighted by molar-refractivity contribution is -0.230. The number of hydrogen-bond donors (Lipinski definition) is 0. The van der Waals surface area contributed by atoms with E-state index in [4.69, 9.17) is 9.47 Å².